The van der Waals surface area contributed by atoms with Crippen molar-refractivity contribution in [1.29, 1.82) is 0 Å². The molecular formula is C11H22O2. The summed E-state index contributed by atoms with van der Waals surface area (Å²) in [4.78, 5) is 10.0. The second kappa shape index (κ2) is 8.24. The van der Waals surface area contributed by atoms with Crippen molar-refractivity contribution in [3.8, 4) is 0 Å². The van der Waals surface area contributed by atoms with Crippen LogP contribution in [0.25, 0.3) is 0 Å². The van der Waals surface area contributed by atoms with Crippen LogP contribution in [0.5, 0.6) is 0 Å². The number of hydrogen-bond donors (Lipinski definition) is 0. The van der Waals surface area contributed by atoms with Gasteiger partial charge >= 0.3 is 0 Å². The highest BCUT2D eigenvalue weighted by Gasteiger charge is 2.02. The molecule has 0 spiro atoms. The van der Waals surface area contributed by atoms with Gasteiger partial charge in [-0.05, 0) is 25.7 Å². The van der Waals surface area contributed by atoms with E-state index in [1.165, 1.54) is 0 Å². The average Bonchev–Trinajstić information content (AvgIpc) is 2.09. The first kappa shape index (κ1) is 12.6. The van der Waals surface area contributed by atoms with E-state index in [-0.39, 0.29) is 0 Å². The molecule has 2 heteroatoms. The van der Waals surface area contributed by atoms with E-state index in [2.05, 4.69) is 20.8 Å². The molecule has 0 saturated carbocycles. The summed E-state index contributed by atoms with van der Waals surface area (Å²) in [5.74, 6) is 0.609. The number of carbonyl (C=O) groups excluding carboxylic acids is 1. The van der Waals surface area contributed by atoms with E-state index in [1.54, 1.807) is 0 Å². The fraction of sp³-hybridized carbons (Fsp3) is 0.909. The lowest BCUT2D eigenvalue weighted by Gasteiger charge is -2.14. The Labute approximate surface area is 81.7 Å². The van der Waals surface area contributed by atoms with Gasteiger partial charge in [0, 0.05) is 13.0 Å². The number of ether oxygens (including phenoxy) is 1. The first-order valence-corrected chi connectivity index (χ1v) is 5.22. The molecular weight excluding hydrogens is 164 g/mol. The van der Waals surface area contributed by atoms with Gasteiger partial charge < -0.3 is 9.53 Å². The molecule has 1 unspecified atom stereocenters. The summed E-state index contributed by atoms with van der Waals surface area (Å²) < 4.78 is 5.60. The topological polar surface area (TPSA) is 26.3 Å². The molecule has 0 heterocycles. The van der Waals surface area contributed by atoms with Crippen LogP contribution in [0.1, 0.15) is 46.5 Å². The van der Waals surface area contributed by atoms with E-state index in [9.17, 15) is 4.79 Å². The minimum Gasteiger partial charge on any atom is -0.378 e. The molecule has 0 aromatic rings. The Bertz CT molecular complexity index is 121. The Balaban J connectivity index is 3.19. The Morgan fingerprint density at radius 2 is 1.92 bits per heavy atom. The van der Waals surface area contributed by atoms with E-state index in [1.807, 2.05) is 0 Å². The van der Waals surface area contributed by atoms with Crippen LogP contribution < -0.4 is 0 Å². The van der Waals surface area contributed by atoms with Crippen molar-refractivity contribution < 1.29 is 9.53 Å². The number of hydrogen-bond acceptors (Lipinski definition) is 2. The lowest BCUT2D eigenvalue weighted by atomic mass is 10.1. The molecule has 0 fully saturated rings. The summed E-state index contributed by atoms with van der Waals surface area (Å²) in [5.41, 5.74) is 0. The van der Waals surface area contributed by atoms with Gasteiger partial charge in [0.05, 0.1) is 6.10 Å². The maximum atomic E-state index is 10.0. The largest absolute Gasteiger partial charge is 0.378 e. The molecule has 0 N–H and O–H groups in total. The Morgan fingerprint density at radius 1 is 1.23 bits per heavy atom. The molecule has 0 aliphatic rings. The van der Waals surface area contributed by atoms with Crippen molar-refractivity contribution in [3.63, 3.8) is 0 Å². The zero-order chi connectivity index (χ0) is 10.1. The number of aldehydes is 1. The minimum absolute atomic E-state index is 0.342. The first-order valence-electron chi connectivity index (χ1n) is 5.22. The van der Waals surface area contributed by atoms with Crippen LogP contribution in [0.3, 0.4) is 0 Å². The molecule has 0 aliphatic carbocycles. The van der Waals surface area contributed by atoms with Crippen LogP contribution >= 0.6 is 0 Å². The number of carbonyl (C=O) groups is 1. The van der Waals surface area contributed by atoms with Crippen molar-refractivity contribution in [2.75, 3.05) is 6.61 Å². The van der Waals surface area contributed by atoms with Crippen molar-refractivity contribution in [2.24, 2.45) is 5.92 Å². The van der Waals surface area contributed by atoms with Gasteiger partial charge in [-0.3, -0.25) is 0 Å². The fourth-order valence-electron chi connectivity index (χ4n) is 1.10. The van der Waals surface area contributed by atoms with Crippen LogP contribution in [0.4, 0.5) is 0 Å². The van der Waals surface area contributed by atoms with Crippen molar-refractivity contribution in [1.82, 2.24) is 0 Å². The van der Waals surface area contributed by atoms with E-state index in [0.29, 0.717) is 18.4 Å². The molecule has 13 heavy (non-hydrogen) atoms. The van der Waals surface area contributed by atoms with Gasteiger partial charge in [-0.25, -0.2) is 0 Å². The van der Waals surface area contributed by atoms with Crippen LogP contribution in [-0.4, -0.2) is 19.0 Å². The molecule has 0 aromatic heterocycles. The lowest BCUT2D eigenvalue weighted by molar-refractivity contribution is -0.108. The van der Waals surface area contributed by atoms with Gasteiger partial charge in [-0.2, -0.15) is 0 Å². The third-order valence-electron chi connectivity index (χ3n) is 1.90. The maximum Gasteiger partial charge on any atom is 0.119 e. The molecule has 0 aliphatic heterocycles. The summed E-state index contributed by atoms with van der Waals surface area (Å²) in [6, 6.07) is 0. The average molecular weight is 186 g/mol. The molecule has 1 atom stereocenters. The van der Waals surface area contributed by atoms with Crippen LogP contribution in [0, 0.1) is 5.92 Å². The van der Waals surface area contributed by atoms with Gasteiger partial charge in [0.15, 0.2) is 0 Å². The Kier molecular flexibility index (Phi) is 8.00. The highest BCUT2D eigenvalue weighted by Crippen LogP contribution is 2.07. The summed E-state index contributed by atoms with van der Waals surface area (Å²) in [6.07, 6.45) is 5.18. The van der Waals surface area contributed by atoms with Gasteiger partial charge in [0.25, 0.3) is 0 Å². The number of rotatable bonds is 8. The number of unbranched alkanes of at least 4 members (excludes halogenated alkanes) is 2. The zero-order valence-corrected chi connectivity index (χ0v) is 9.08. The van der Waals surface area contributed by atoms with E-state index in [4.69, 9.17) is 4.74 Å². The molecule has 0 radical (unpaired) electrons. The van der Waals surface area contributed by atoms with E-state index in [0.717, 1.165) is 32.2 Å². The summed E-state index contributed by atoms with van der Waals surface area (Å²) >= 11 is 0. The van der Waals surface area contributed by atoms with E-state index < -0.39 is 0 Å². The normalized spacial score (nSPS) is 13.2. The Morgan fingerprint density at radius 3 is 2.46 bits per heavy atom. The second-order valence-corrected chi connectivity index (χ2v) is 3.99. The maximum absolute atomic E-state index is 10.0. The Hall–Kier alpha value is -0.370. The molecule has 2 nitrogen and oxygen atoms in total. The predicted octanol–water partition coefficient (Wildman–Crippen LogP) is 2.81. The summed E-state index contributed by atoms with van der Waals surface area (Å²) in [6.45, 7) is 7.25. The van der Waals surface area contributed by atoms with Gasteiger partial charge in [0.1, 0.15) is 6.29 Å². The molecule has 0 bridgehead atoms. The van der Waals surface area contributed by atoms with E-state index >= 15 is 0 Å². The quantitative estimate of drug-likeness (QED) is 0.430. The zero-order valence-electron chi connectivity index (χ0n) is 9.08. The summed E-state index contributed by atoms with van der Waals surface area (Å²) in [7, 11) is 0. The predicted molar refractivity (Wildman–Crippen MR) is 54.8 cm³/mol. The fourth-order valence-corrected chi connectivity index (χ4v) is 1.10. The SMILES string of the molecule is CC(C)COC(C)CCCCC=O. The van der Waals surface area contributed by atoms with Crippen LogP contribution in [0.15, 0.2) is 0 Å². The van der Waals surface area contributed by atoms with Crippen LogP contribution in [0.2, 0.25) is 0 Å². The monoisotopic (exact) mass is 186 g/mol. The standard InChI is InChI=1S/C11H22O2/c1-10(2)9-13-11(3)7-5-4-6-8-12/h8,10-11H,4-7,9H2,1-3H3. The summed E-state index contributed by atoms with van der Waals surface area (Å²) in [5, 5.41) is 0. The molecule has 0 rings (SSSR count). The van der Waals surface area contributed by atoms with Gasteiger partial charge in [-0.1, -0.05) is 20.3 Å². The minimum atomic E-state index is 0.342. The highest BCUT2D eigenvalue weighted by atomic mass is 16.5. The van der Waals surface area contributed by atoms with Gasteiger partial charge in [-0.15, -0.1) is 0 Å². The molecule has 78 valence electrons. The smallest absolute Gasteiger partial charge is 0.119 e. The van der Waals surface area contributed by atoms with Crippen molar-refractivity contribution in [3.05, 3.63) is 0 Å². The second-order valence-electron chi connectivity index (χ2n) is 3.99. The highest BCUT2D eigenvalue weighted by molar-refractivity contribution is 5.48. The molecule has 0 amide bonds. The van der Waals surface area contributed by atoms with Crippen LogP contribution in [-0.2, 0) is 9.53 Å². The van der Waals surface area contributed by atoms with Crippen molar-refractivity contribution in [2.45, 2.75) is 52.6 Å². The van der Waals surface area contributed by atoms with Crippen molar-refractivity contribution >= 4 is 6.29 Å². The first-order chi connectivity index (χ1) is 6.16. The lowest BCUT2D eigenvalue weighted by Crippen LogP contribution is -2.12. The molecule has 0 saturated heterocycles. The third kappa shape index (κ3) is 9.54. The van der Waals surface area contributed by atoms with Gasteiger partial charge in [0.2, 0.25) is 0 Å². The molecule has 0 aromatic carbocycles. The third-order valence-corrected chi connectivity index (χ3v) is 1.90.